The van der Waals surface area contributed by atoms with Crippen LogP contribution < -0.4 is 5.43 Å². The van der Waals surface area contributed by atoms with E-state index in [4.69, 9.17) is 0 Å². The number of hydrazone groups is 1. The molecule has 2 aromatic carbocycles. The highest BCUT2D eigenvalue weighted by Crippen LogP contribution is 2.25. The number of thiazole rings is 1. The summed E-state index contributed by atoms with van der Waals surface area (Å²) in [6.45, 7) is 1.98. The number of fused-ring (bicyclic) bond motifs is 1. The first-order valence-corrected chi connectivity index (χ1v) is 7.75. The summed E-state index contributed by atoms with van der Waals surface area (Å²) in [4.78, 5) is 4.49. The molecule has 1 aromatic heterocycles. The predicted octanol–water partition coefficient (Wildman–Crippen LogP) is 4.89. The molecule has 0 aliphatic rings. The Kier molecular flexibility index (Phi) is 3.80. The molecule has 0 radical (unpaired) electrons. The number of nitrogens with one attached hydrogen (secondary N) is 1. The average molecular weight is 346 g/mol. The summed E-state index contributed by atoms with van der Waals surface area (Å²) in [6.07, 6.45) is 0. The third kappa shape index (κ3) is 2.89. The molecule has 3 rings (SSSR count). The first-order chi connectivity index (χ1) is 9.72. The van der Waals surface area contributed by atoms with Crippen LogP contribution in [0.15, 0.2) is 58.1 Å². The number of para-hydroxylation sites is 1. The molecular weight excluding hydrogens is 334 g/mol. The molecule has 0 atom stereocenters. The Bertz CT molecular complexity index is 729. The number of rotatable bonds is 3. The topological polar surface area (TPSA) is 37.3 Å². The molecule has 5 heteroatoms. The second kappa shape index (κ2) is 5.73. The minimum absolute atomic E-state index is 0.808. The SMILES string of the molecule is C/C(=N\Nc1nc2ccccc2s1)c1ccc(Br)cc1. The zero-order chi connectivity index (χ0) is 13.9. The van der Waals surface area contributed by atoms with Crippen LogP contribution in [-0.2, 0) is 0 Å². The normalized spacial score (nSPS) is 11.8. The lowest BCUT2D eigenvalue weighted by Gasteiger charge is -2.01. The van der Waals surface area contributed by atoms with Gasteiger partial charge in [-0.2, -0.15) is 5.10 Å². The van der Waals surface area contributed by atoms with E-state index in [0.717, 1.165) is 31.1 Å². The van der Waals surface area contributed by atoms with Crippen LogP contribution in [0.2, 0.25) is 0 Å². The summed E-state index contributed by atoms with van der Waals surface area (Å²) >= 11 is 5.03. The molecule has 3 nitrogen and oxygen atoms in total. The van der Waals surface area contributed by atoms with Gasteiger partial charge in [-0.1, -0.05) is 51.5 Å². The van der Waals surface area contributed by atoms with Gasteiger partial charge in [-0.3, -0.25) is 5.43 Å². The van der Waals surface area contributed by atoms with Gasteiger partial charge in [0.1, 0.15) is 0 Å². The van der Waals surface area contributed by atoms with Gasteiger partial charge in [-0.05, 0) is 36.8 Å². The third-order valence-corrected chi connectivity index (χ3v) is 4.34. The Morgan fingerprint density at radius 2 is 1.90 bits per heavy atom. The van der Waals surface area contributed by atoms with Crippen molar-refractivity contribution in [2.75, 3.05) is 5.43 Å². The fourth-order valence-corrected chi connectivity index (χ4v) is 2.88. The fraction of sp³-hybridized carbons (Fsp3) is 0.0667. The molecule has 100 valence electrons. The van der Waals surface area contributed by atoms with Crippen molar-refractivity contribution < 1.29 is 0 Å². The lowest BCUT2D eigenvalue weighted by atomic mass is 10.1. The van der Waals surface area contributed by atoms with Gasteiger partial charge in [0.25, 0.3) is 0 Å². The van der Waals surface area contributed by atoms with Crippen molar-refractivity contribution in [3.63, 3.8) is 0 Å². The molecule has 0 aliphatic heterocycles. The Morgan fingerprint density at radius 1 is 1.15 bits per heavy atom. The van der Waals surface area contributed by atoms with E-state index in [9.17, 15) is 0 Å². The molecule has 0 amide bonds. The summed E-state index contributed by atoms with van der Waals surface area (Å²) < 4.78 is 2.22. The van der Waals surface area contributed by atoms with Crippen LogP contribution in [0.4, 0.5) is 5.13 Å². The molecule has 0 unspecified atom stereocenters. The summed E-state index contributed by atoms with van der Waals surface area (Å²) in [7, 11) is 0. The maximum Gasteiger partial charge on any atom is 0.204 e. The first kappa shape index (κ1) is 13.3. The van der Waals surface area contributed by atoms with Crippen LogP contribution >= 0.6 is 27.3 Å². The van der Waals surface area contributed by atoms with Gasteiger partial charge in [-0.25, -0.2) is 4.98 Å². The number of halogens is 1. The van der Waals surface area contributed by atoms with Crippen molar-refractivity contribution in [2.45, 2.75) is 6.92 Å². The molecule has 0 saturated heterocycles. The fourth-order valence-electron chi connectivity index (χ4n) is 1.81. The molecule has 1 N–H and O–H groups in total. The monoisotopic (exact) mass is 345 g/mol. The van der Waals surface area contributed by atoms with Crippen LogP contribution in [0.5, 0.6) is 0 Å². The zero-order valence-electron chi connectivity index (χ0n) is 10.8. The molecule has 20 heavy (non-hydrogen) atoms. The van der Waals surface area contributed by atoms with Crippen molar-refractivity contribution in [1.82, 2.24) is 4.98 Å². The average Bonchev–Trinajstić information content (AvgIpc) is 2.88. The quantitative estimate of drug-likeness (QED) is 0.541. The highest BCUT2D eigenvalue weighted by atomic mass is 79.9. The van der Waals surface area contributed by atoms with E-state index in [2.05, 4.69) is 37.5 Å². The number of hydrogen-bond donors (Lipinski definition) is 1. The van der Waals surface area contributed by atoms with E-state index < -0.39 is 0 Å². The van der Waals surface area contributed by atoms with Gasteiger partial charge in [0.15, 0.2) is 0 Å². The number of anilines is 1. The maximum atomic E-state index is 4.49. The molecule has 0 spiro atoms. The van der Waals surface area contributed by atoms with E-state index in [-0.39, 0.29) is 0 Å². The van der Waals surface area contributed by atoms with Crippen LogP contribution in [0.25, 0.3) is 10.2 Å². The number of nitrogens with zero attached hydrogens (tertiary/aromatic N) is 2. The Labute approximate surface area is 129 Å². The van der Waals surface area contributed by atoms with E-state index in [1.54, 1.807) is 11.3 Å². The van der Waals surface area contributed by atoms with Gasteiger partial charge in [-0.15, -0.1) is 0 Å². The molecule has 0 fully saturated rings. The van der Waals surface area contributed by atoms with Gasteiger partial charge in [0.05, 0.1) is 15.9 Å². The molecule has 0 saturated carbocycles. The lowest BCUT2D eigenvalue weighted by Crippen LogP contribution is -1.99. The van der Waals surface area contributed by atoms with Crippen LogP contribution in [0.1, 0.15) is 12.5 Å². The minimum atomic E-state index is 0.808. The number of aromatic nitrogens is 1. The molecular formula is C15H12BrN3S. The molecule has 1 heterocycles. The van der Waals surface area contributed by atoms with Crippen molar-refractivity contribution in [1.29, 1.82) is 0 Å². The van der Waals surface area contributed by atoms with E-state index >= 15 is 0 Å². The van der Waals surface area contributed by atoms with Crippen molar-refractivity contribution in [3.05, 3.63) is 58.6 Å². The number of benzene rings is 2. The van der Waals surface area contributed by atoms with Crippen LogP contribution in [0.3, 0.4) is 0 Å². The molecule has 0 aliphatic carbocycles. The van der Waals surface area contributed by atoms with Gasteiger partial charge >= 0.3 is 0 Å². The highest BCUT2D eigenvalue weighted by Gasteiger charge is 2.02. The second-order valence-electron chi connectivity index (χ2n) is 4.30. The Hall–Kier alpha value is -1.72. The largest absolute Gasteiger partial charge is 0.252 e. The summed E-state index contributed by atoms with van der Waals surface area (Å²) in [6, 6.07) is 16.1. The van der Waals surface area contributed by atoms with Crippen LogP contribution in [-0.4, -0.2) is 10.7 Å². The first-order valence-electron chi connectivity index (χ1n) is 6.14. The molecule has 3 aromatic rings. The Balaban J connectivity index is 1.80. The van der Waals surface area contributed by atoms with Crippen molar-refractivity contribution in [2.24, 2.45) is 5.10 Å². The van der Waals surface area contributed by atoms with Crippen molar-refractivity contribution >= 4 is 48.3 Å². The zero-order valence-corrected chi connectivity index (χ0v) is 13.2. The van der Waals surface area contributed by atoms with Crippen molar-refractivity contribution in [3.8, 4) is 0 Å². The smallest absolute Gasteiger partial charge is 0.204 e. The summed E-state index contributed by atoms with van der Waals surface area (Å²) in [5.41, 5.74) is 6.04. The maximum absolute atomic E-state index is 4.49. The molecule has 0 bridgehead atoms. The standard InChI is InChI=1S/C15H12BrN3S/c1-10(11-6-8-12(16)9-7-11)18-19-15-17-13-4-2-3-5-14(13)20-15/h2-9H,1H3,(H,17,19)/b18-10+. The highest BCUT2D eigenvalue weighted by molar-refractivity contribution is 9.10. The van der Waals surface area contributed by atoms with Gasteiger partial charge < -0.3 is 0 Å². The third-order valence-electron chi connectivity index (χ3n) is 2.88. The van der Waals surface area contributed by atoms with Crippen LogP contribution in [0, 0.1) is 0 Å². The van der Waals surface area contributed by atoms with Gasteiger partial charge in [0, 0.05) is 4.47 Å². The summed E-state index contributed by atoms with van der Waals surface area (Å²) in [5, 5.41) is 5.20. The predicted molar refractivity (Wildman–Crippen MR) is 89.6 cm³/mol. The van der Waals surface area contributed by atoms with E-state index in [1.807, 2.05) is 49.4 Å². The number of hydrogen-bond acceptors (Lipinski definition) is 4. The summed E-state index contributed by atoms with van der Waals surface area (Å²) in [5.74, 6) is 0. The van der Waals surface area contributed by atoms with E-state index in [1.165, 1.54) is 0 Å². The van der Waals surface area contributed by atoms with Gasteiger partial charge in [0.2, 0.25) is 5.13 Å². The Morgan fingerprint density at radius 3 is 2.65 bits per heavy atom. The van der Waals surface area contributed by atoms with E-state index in [0.29, 0.717) is 0 Å². The second-order valence-corrected chi connectivity index (χ2v) is 6.25. The lowest BCUT2D eigenvalue weighted by molar-refractivity contribution is 1.29. The minimum Gasteiger partial charge on any atom is -0.252 e.